The van der Waals surface area contributed by atoms with Crippen LogP contribution in [0.15, 0.2) is 11.8 Å². The highest BCUT2D eigenvalue weighted by molar-refractivity contribution is 7.66. The molecule has 0 saturated carbocycles. The molecular weight excluding hydrogens is 525 g/mol. The molecule has 16 nitrogen and oxygen atoms in total. The summed E-state index contributed by atoms with van der Waals surface area (Å²) in [6.07, 6.45) is 1.42. The lowest BCUT2D eigenvalue weighted by molar-refractivity contribution is -0.854. The standard InChI is InChI=1S/C15H25N2O14P3/c1-3-4-7-17(8-11(2)14(19)16(10-18)15(17)20)13-6-5-12(29-13)9-28-33(24,25)31-34(26,27)30-32(21,22)23/h8,10,12-13H,3-7,9H2,1-2H3,(H3-,21,22,23,24,25,26,27)/p+1/t12-,13+,17?/m0/s1. The first-order valence-corrected chi connectivity index (χ1v) is 14.4. The summed E-state index contributed by atoms with van der Waals surface area (Å²) >= 11 is 0. The number of hydrogen-bond donors (Lipinski definition) is 4. The minimum absolute atomic E-state index is 0.127. The van der Waals surface area contributed by atoms with Crippen LogP contribution in [0.4, 0.5) is 4.79 Å². The van der Waals surface area contributed by atoms with E-state index in [1.807, 2.05) is 6.92 Å². The zero-order valence-corrected chi connectivity index (χ0v) is 20.8. The molecule has 2 aliphatic heterocycles. The van der Waals surface area contributed by atoms with Crippen LogP contribution in [0.1, 0.15) is 39.5 Å². The molecule has 0 aromatic carbocycles. The fourth-order valence-electron chi connectivity index (χ4n) is 3.59. The highest BCUT2D eigenvalue weighted by Gasteiger charge is 2.54. The molecule has 0 spiro atoms. The Morgan fingerprint density at radius 1 is 1.15 bits per heavy atom. The monoisotopic (exact) mass is 551 g/mol. The Bertz CT molecular complexity index is 995. The zero-order valence-electron chi connectivity index (χ0n) is 18.2. The SMILES string of the molecule is CCCC[N+]1([C@H]2CC[C@@H](COP(=O)(O)OP(=O)(O)OP(=O)(O)O)O2)C=C(C)C(=O)N(C=O)C1=O. The number of imide groups is 3. The van der Waals surface area contributed by atoms with Crippen LogP contribution in [0.5, 0.6) is 0 Å². The molecule has 2 heterocycles. The van der Waals surface area contributed by atoms with Crippen molar-refractivity contribution in [2.75, 3.05) is 13.2 Å². The van der Waals surface area contributed by atoms with Crippen LogP contribution in [-0.2, 0) is 41.2 Å². The molecule has 0 radical (unpaired) electrons. The lowest BCUT2D eigenvalue weighted by Crippen LogP contribution is -2.64. The number of urea groups is 1. The van der Waals surface area contributed by atoms with Gasteiger partial charge >= 0.3 is 29.5 Å². The van der Waals surface area contributed by atoms with Crippen molar-refractivity contribution in [1.82, 2.24) is 4.90 Å². The molecule has 2 aliphatic rings. The first-order valence-electron chi connectivity index (χ1n) is 9.90. The van der Waals surface area contributed by atoms with Gasteiger partial charge in [-0.3, -0.25) is 14.1 Å². The van der Waals surface area contributed by atoms with Crippen LogP contribution < -0.4 is 0 Å². The molecule has 2 rings (SSSR count). The first kappa shape index (κ1) is 29.1. The molecule has 5 atom stereocenters. The number of unbranched alkanes of at least 4 members (excludes halogenated alkanes) is 1. The lowest BCUT2D eigenvalue weighted by atomic mass is 10.1. The van der Waals surface area contributed by atoms with Crippen LogP contribution in [0.2, 0.25) is 0 Å². The lowest BCUT2D eigenvalue weighted by Gasteiger charge is -2.40. The number of phosphoric ester groups is 1. The van der Waals surface area contributed by atoms with Crippen LogP contribution in [-0.4, -0.2) is 72.8 Å². The quantitative estimate of drug-likeness (QED) is 0.153. The van der Waals surface area contributed by atoms with E-state index in [1.54, 1.807) is 0 Å². The van der Waals surface area contributed by atoms with Gasteiger partial charge in [0, 0.05) is 6.42 Å². The van der Waals surface area contributed by atoms with Gasteiger partial charge < -0.3 is 24.3 Å². The van der Waals surface area contributed by atoms with E-state index in [0.717, 1.165) is 0 Å². The fourth-order valence-corrected chi connectivity index (χ4v) is 6.63. The van der Waals surface area contributed by atoms with Gasteiger partial charge in [-0.05, 0) is 19.8 Å². The maximum Gasteiger partial charge on any atom is 0.490 e. The van der Waals surface area contributed by atoms with E-state index < -0.39 is 58.8 Å². The number of carbonyl (C=O) groups excluding carboxylic acids is 3. The van der Waals surface area contributed by atoms with E-state index in [1.165, 1.54) is 13.1 Å². The molecule has 3 unspecified atom stereocenters. The number of carbonyl (C=O) groups is 3. The van der Waals surface area contributed by atoms with Gasteiger partial charge in [0.05, 0.1) is 24.8 Å². The summed E-state index contributed by atoms with van der Waals surface area (Å²) in [6.45, 7) is 2.87. The number of rotatable bonds is 12. The third-order valence-electron chi connectivity index (χ3n) is 4.97. The minimum atomic E-state index is -5.65. The molecule has 0 aromatic heterocycles. The smallest absolute Gasteiger partial charge is 0.323 e. The summed E-state index contributed by atoms with van der Waals surface area (Å²) in [5.74, 6) is -0.757. The molecule has 1 saturated heterocycles. The van der Waals surface area contributed by atoms with Gasteiger partial charge in [-0.15, -0.1) is 0 Å². The van der Waals surface area contributed by atoms with Crippen LogP contribution in [0.3, 0.4) is 0 Å². The van der Waals surface area contributed by atoms with Crippen LogP contribution in [0.25, 0.3) is 0 Å². The second-order valence-electron chi connectivity index (χ2n) is 7.56. The average Bonchev–Trinajstić information content (AvgIpc) is 3.16. The summed E-state index contributed by atoms with van der Waals surface area (Å²) in [7, 11) is -16.5. The van der Waals surface area contributed by atoms with Crippen molar-refractivity contribution in [3.05, 3.63) is 11.8 Å². The van der Waals surface area contributed by atoms with Gasteiger partial charge in [-0.2, -0.15) is 18.0 Å². The van der Waals surface area contributed by atoms with Crippen molar-refractivity contribution < 1.29 is 70.0 Å². The predicted octanol–water partition coefficient (Wildman–Crippen LogP) is 1.47. The topological polar surface area (TPSA) is 223 Å². The van der Waals surface area contributed by atoms with Crippen molar-refractivity contribution in [3.8, 4) is 0 Å². The van der Waals surface area contributed by atoms with E-state index in [9.17, 15) is 37.9 Å². The Morgan fingerprint density at radius 2 is 1.79 bits per heavy atom. The van der Waals surface area contributed by atoms with E-state index in [-0.39, 0.29) is 31.4 Å². The van der Waals surface area contributed by atoms with Gasteiger partial charge in [0.15, 0.2) is 0 Å². The molecule has 0 aromatic rings. The fraction of sp³-hybridized carbons (Fsp3) is 0.667. The number of quaternary nitrogens is 1. The molecule has 194 valence electrons. The largest absolute Gasteiger partial charge is 0.490 e. The summed E-state index contributed by atoms with van der Waals surface area (Å²) in [4.78, 5) is 73.0. The number of hydrogen-bond acceptors (Lipinski definition) is 10. The molecule has 1 fully saturated rings. The Hall–Kier alpha value is -1.12. The Kier molecular flexibility index (Phi) is 9.31. The average molecular weight is 551 g/mol. The van der Waals surface area contributed by atoms with Crippen molar-refractivity contribution in [3.63, 3.8) is 0 Å². The van der Waals surface area contributed by atoms with Gasteiger partial charge in [-0.1, -0.05) is 13.3 Å². The molecule has 4 amide bonds. The van der Waals surface area contributed by atoms with Crippen molar-refractivity contribution in [1.29, 1.82) is 0 Å². The third kappa shape index (κ3) is 7.20. The van der Waals surface area contributed by atoms with Crippen LogP contribution >= 0.6 is 23.5 Å². The highest BCUT2D eigenvalue weighted by atomic mass is 31.3. The van der Waals surface area contributed by atoms with Crippen LogP contribution in [0, 0.1) is 0 Å². The van der Waals surface area contributed by atoms with E-state index in [0.29, 0.717) is 17.7 Å². The Balaban J connectivity index is 2.13. The van der Waals surface area contributed by atoms with Gasteiger partial charge in [0.25, 0.3) is 5.91 Å². The maximum absolute atomic E-state index is 13.1. The Labute approximate surface area is 194 Å². The minimum Gasteiger partial charge on any atom is -0.323 e. The number of ether oxygens (including phenoxy) is 1. The molecule has 0 aliphatic carbocycles. The summed E-state index contributed by atoms with van der Waals surface area (Å²) < 4.78 is 51.2. The molecule has 4 N–H and O–H groups in total. The van der Waals surface area contributed by atoms with Crippen molar-refractivity contribution >= 4 is 41.8 Å². The van der Waals surface area contributed by atoms with E-state index >= 15 is 0 Å². The maximum atomic E-state index is 13.1. The van der Waals surface area contributed by atoms with Crippen molar-refractivity contribution in [2.24, 2.45) is 0 Å². The predicted molar refractivity (Wildman–Crippen MR) is 110 cm³/mol. The van der Waals surface area contributed by atoms with E-state index in [2.05, 4.69) is 13.1 Å². The zero-order chi connectivity index (χ0) is 25.9. The number of amides is 4. The summed E-state index contributed by atoms with van der Waals surface area (Å²) in [5.41, 5.74) is 0.156. The van der Waals surface area contributed by atoms with E-state index in [4.69, 9.17) is 14.5 Å². The Morgan fingerprint density at radius 3 is 2.35 bits per heavy atom. The normalized spacial score (nSPS) is 29.5. The molecular formula is C15H26N2O14P3+. The van der Waals surface area contributed by atoms with Gasteiger partial charge in [-0.25, -0.2) is 18.5 Å². The summed E-state index contributed by atoms with van der Waals surface area (Å²) in [6, 6.07) is -0.808. The molecule has 0 bridgehead atoms. The second kappa shape index (κ2) is 10.9. The van der Waals surface area contributed by atoms with Crippen molar-refractivity contribution in [2.45, 2.75) is 51.9 Å². The summed E-state index contributed by atoms with van der Waals surface area (Å²) in [5, 5.41) is 0. The molecule has 34 heavy (non-hydrogen) atoms. The first-order chi connectivity index (χ1) is 15.6. The highest BCUT2D eigenvalue weighted by Crippen LogP contribution is 2.66. The molecule has 19 heteroatoms. The number of nitrogens with zero attached hydrogens (tertiary/aromatic N) is 2. The van der Waals surface area contributed by atoms with Gasteiger partial charge in [0.1, 0.15) is 6.20 Å². The number of phosphoric acid groups is 3. The third-order valence-corrected chi connectivity index (χ3v) is 8.77. The second-order valence-corrected chi connectivity index (χ2v) is 12.0. The van der Waals surface area contributed by atoms with Gasteiger partial charge in [0.2, 0.25) is 12.6 Å².